The molecule has 0 heterocycles. The number of hydrogen-bond donors (Lipinski definition) is 4. The van der Waals surface area contributed by atoms with Crippen LogP contribution in [0.3, 0.4) is 0 Å². The lowest BCUT2D eigenvalue weighted by atomic mass is 10.6. The van der Waals surface area contributed by atoms with Gasteiger partial charge in [0.25, 0.3) is 0 Å². The summed E-state index contributed by atoms with van der Waals surface area (Å²) in [6.45, 7) is 0. The summed E-state index contributed by atoms with van der Waals surface area (Å²) < 4.78 is 0. The number of amides is 2. The molecular formula is C4H6N2O6. The van der Waals surface area contributed by atoms with Crippen LogP contribution in [0.15, 0.2) is 0 Å². The summed E-state index contributed by atoms with van der Waals surface area (Å²) in [7, 11) is 0. The molecule has 0 aromatic carbocycles. The largest absolute Gasteiger partial charge is 0.473 e. The van der Waals surface area contributed by atoms with Crippen molar-refractivity contribution in [3.05, 3.63) is 0 Å². The fraction of sp³-hybridized carbons (Fsp3) is 0. The number of carboxylic acids is 2. The van der Waals surface area contributed by atoms with Gasteiger partial charge in [-0.05, 0) is 0 Å². The molecule has 12 heavy (non-hydrogen) atoms. The molecule has 0 aromatic heterocycles. The molecule has 0 fully saturated rings. The Morgan fingerprint density at radius 2 is 0.917 bits per heavy atom. The molecule has 0 bridgehead atoms. The minimum Gasteiger partial charge on any atom is -0.473 e. The third kappa shape index (κ3) is 10.8. The topological polar surface area (TPSA) is 161 Å². The van der Waals surface area contributed by atoms with Gasteiger partial charge in [0.05, 0.1) is 0 Å². The van der Waals surface area contributed by atoms with E-state index in [0.29, 0.717) is 0 Å². The maximum absolute atomic E-state index is 9.45. The number of carboxylic acid groups (broad SMARTS) is 2. The van der Waals surface area contributed by atoms with Crippen LogP contribution >= 0.6 is 0 Å². The summed E-state index contributed by atoms with van der Waals surface area (Å²) in [4.78, 5) is 37.1. The first kappa shape index (κ1) is 12.5. The van der Waals surface area contributed by atoms with Crippen molar-refractivity contribution < 1.29 is 29.4 Å². The Morgan fingerprint density at radius 1 is 0.750 bits per heavy atom. The van der Waals surface area contributed by atoms with Crippen LogP contribution in [0.1, 0.15) is 0 Å². The molecule has 0 aromatic rings. The highest BCUT2D eigenvalue weighted by atomic mass is 16.4. The molecule has 6 N–H and O–H groups in total. The molecule has 0 spiro atoms. The van der Waals surface area contributed by atoms with Gasteiger partial charge in [-0.1, -0.05) is 0 Å². The van der Waals surface area contributed by atoms with E-state index in [1.54, 1.807) is 0 Å². The molecule has 68 valence electrons. The Morgan fingerprint density at radius 3 is 0.917 bits per heavy atom. The standard InChI is InChI=1S/C2H4N2O2.C2H2O4/c3-1(5)2(4)6;3-1(4)2(5)6/h(H2,3,5)(H2,4,6);(H,3,4)(H,5,6). The van der Waals surface area contributed by atoms with Crippen LogP contribution in [0.2, 0.25) is 0 Å². The highest BCUT2D eigenvalue weighted by Crippen LogP contribution is 1.56. The Balaban J connectivity index is 0. The van der Waals surface area contributed by atoms with E-state index in [-0.39, 0.29) is 0 Å². The van der Waals surface area contributed by atoms with Gasteiger partial charge in [-0.15, -0.1) is 0 Å². The zero-order valence-corrected chi connectivity index (χ0v) is 5.68. The summed E-state index contributed by atoms with van der Waals surface area (Å²) in [6, 6.07) is 0. The van der Waals surface area contributed by atoms with Crippen LogP contribution in [0.5, 0.6) is 0 Å². The van der Waals surface area contributed by atoms with E-state index in [2.05, 4.69) is 11.5 Å². The Hall–Kier alpha value is -2.12. The Kier molecular flexibility index (Phi) is 5.91. The molecule has 0 saturated carbocycles. The van der Waals surface area contributed by atoms with E-state index in [0.717, 1.165) is 0 Å². The maximum atomic E-state index is 9.45. The number of carbonyl (C=O) groups excluding carboxylic acids is 2. The van der Waals surface area contributed by atoms with Gasteiger partial charge >= 0.3 is 23.8 Å². The van der Waals surface area contributed by atoms with Gasteiger partial charge in [0.1, 0.15) is 0 Å². The minimum absolute atomic E-state index is 1.10. The van der Waals surface area contributed by atoms with Crippen molar-refractivity contribution in [2.75, 3.05) is 0 Å². The minimum atomic E-state index is -1.82. The summed E-state index contributed by atoms with van der Waals surface area (Å²) in [5.41, 5.74) is 8.64. The quantitative estimate of drug-likeness (QED) is 0.291. The second kappa shape index (κ2) is 5.65. The molecule has 8 nitrogen and oxygen atoms in total. The second-order valence-electron chi connectivity index (χ2n) is 1.34. The molecule has 0 aliphatic carbocycles. The second-order valence-corrected chi connectivity index (χ2v) is 1.34. The fourth-order valence-corrected chi connectivity index (χ4v) is 0. The molecule has 8 heteroatoms. The summed E-state index contributed by atoms with van der Waals surface area (Å²) in [5.74, 6) is -5.85. The van der Waals surface area contributed by atoms with Crippen molar-refractivity contribution in [3.8, 4) is 0 Å². The molecule has 0 aliphatic rings. The van der Waals surface area contributed by atoms with Crippen molar-refractivity contribution in [3.63, 3.8) is 0 Å². The fourth-order valence-electron chi connectivity index (χ4n) is 0. The smallest absolute Gasteiger partial charge is 0.414 e. The van der Waals surface area contributed by atoms with Gasteiger partial charge in [-0.25, -0.2) is 9.59 Å². The van der Waals surface area contributed by atoms with E-state index in [9.17, 15) is 9.59 Å². The number of primary amides is 2. The predicted octanol–water partition coefficient (Wildman–Crippen LogP) is -2.89. The van der Waals surface area contributed by atoms with Gasteiger partial charge in [0.2, 0.25) is 0 Å². The lowest BCUT2D eigenvalue weighted by Gasteiger charge is -1.75. The number of aliphatic carboxylic acids is 2. The van der Waals surface area contributed by atoms with Crippen molar-refractivity contribution in [1.82, 2.24) is 0 Å². The van der Waals surface area contributed by atoms with Gasteiger partial charge in [0, 0.05) is 0 Å². The molecule has 0 aliphatic heterocycles. The van der Waals surface area contributed by atoms with Crippen LogP contribution in [0.25, 0.3) is 0 Å². The molecule has 0 rings (SSSR count). The van der Waals surface area contributed by atoms with Gasteiger partial charge in [-0.3, -0.25) is 9.59 Å². The van der Waals surface area contributed by atoms with E-state index in [4.69, 9.17) is 19.8 Å². The predicted molar refractivity (Wildman–Crippen MR) is 33.7 cm³/mol. The molecule has 2 amide bonds. The summed E-state index contributed by atoms with van der Waals surface area (Å²) in [6.07, 6.45) is 0. The van der Waals surface area contributed by atoms with E-state index >= 15 is 0 Å². The molecular weight excluding hydrogens is 172 g/mol. The molecule has 0 unspecified atom stereocenters. The van der Waals surface area contributed by atoms with Crippen LogP contribution < -0.4 is 11.5 Å². The molecule has 0 radical (unpaired) electrons. The van der Waals surface area contributed by atoms with Crippen LogP contribution in [-0.4, -0.2) is 34.0 Å². The SMILES string of the molecule is NC(=O)C(N)=O.O=C(O)C(=O)O. The zero-order chi connectivity index (χ0) is 10.3. The molecule has 0 atom stereocenters. The monoisotopic (exact) mass is 178 g/mol. The van der Waals surface area contributed by atoms with Crippen LogP contribution in [-0.2, 0) is 19.2 Å². The first-order chi connectivity index (χ1) is 5.29. The lowest BCUT2D eigenvalue weighted by Crippen LogP contribution is -2.29. The lowest BCUT2D eigenvalue weighted by molar-refractivity contribution is -0.159. The highest BCUT2D eigenvalue weighted by molar-refractivity contribution is 6.33. The zero-order valence-electron chi connectivity index (χ0n) is 5.68. The average molecular weight is 178 g/mol. The number of nitrogens with two attached hydrogens (primary N) is 2. The summed E-state index contributed by atoms with van der Waals surface area (Å²) >= 11 is 0. The van der Waals surface area contributed by atoms with E-state index < -0.39 is 23.8 Å². The van der Waals surface area contributed by atoms with Crippen molar-refractivity contribution >= 4 is 23.8 Å². The molecule has 0 saturated heterocycles. The first-order valence-electron chi connectivity index (χ1n) is 2.34. The van der Waals surface area contributed by atoms with Gasteiger partial charge < -0.3 is 21.7 Å². The highest BCUT2D eigenvalue weighted by Gasteiger charge is 2.04. The maximum Gasteiger partial charge on any atom is 0.414 e. The van der Waals surface area contributed by atoms with Gasteiger partial charge in [0.15, 0.2) is 0 Å². The third-order valence-electron chi connectivity index (χ3n) is 0.426. The van der Waals surface area contributed by atoms with Gasteiger partial charge in [-0.2, -0.15) is 0 Å². The number of hydrogen-bond acceptors (Lipinski definition) is 4. The third-order valence-corrected chi connectivity index (χ3v) is 0.426. The van der Waals surface area contributed by atoms with E-state index in [1.165, 1.54) is 0 Å². The number of carbonyl (C=O) groups is 4. The Bertz CT molecular complexity index is 174. The number of rotatable bonds is 0. The van der Waals surface area contributed by atoms with E-state index in [1.807, 2.05) is 0 Å². The van der Waals surface area contributed by atoms with Crippen molar-refractivity contribution in [2.45, 2.75) is 0 Å². The van der Waals surface area contributed by atoms with Crippen molar-refractivity contribution in [1.29, 1.82) is 0 Å². The first-order valence-corrected chi connectivity index (χ1v) is 2.34. The average Bonchev–Trinajstić information content (AvgIpc) is 1.88. The van der Waals surface area contributed by atoms with Crippen LogP contribution in [0.4, 0.5) is 0 Å². The van der Waals surface area contributed by atoms with Crippen LogP contribution in [0, 0.1) is 0 Å². The Labute approximate surface area is 65.8 Å². The summed E-state index contributed by atoms with van der Waals surface area (Å²) in [5, 5.41) is 14.8. The normalized spacial score (nSPS) is 7.33. The van der Waals surface area contributed by atoms with Crippen molar-refractivity contribution in [2.24, 2.45) is 11.5 Å².